The number of methoxy groups -OCH3 is 2. The Morgan fingerprint density at radius 2 is 1.90 bits per heavy atom. The molecule has 158 valence electrons. The number of aryl methyl sites for hydroxylation is 1. The summed E-state index contributed by atoms with van der Waals surface area (Å²) in [4.78, 5) is 13.7. The average Bonchev–Trinajstić information content (AvgIpc) is 3.18. The van der Waals surface area contributed by atoms with E-state index in [0.717, 1.165) is 26.4 Å². The minimum absolute atomic E-state index is 0.108. The molecule has 0 unspecified atom stereocenters. The van der Waals surface area contributed by atoms with Gasteiger partial charge in [-0.1, -0.05) is 33.2 Å². The van der Waals surface area contributed by atoms with Gasteiger partial charge in [0.1, 0.15) is 5.76 Å². The van der Waals surface area contributed by atoms with Gasteiger partial charge in [0.15, 0.2) is 11.5 Å². The summed E-state index contributed by atoms with van der Waals surface area (Å²) in [5.74, 6) is 2.61. The third kappa shape index (κ3) is 5.58. The van der Waals surface area contributed by atoms with Crippen molar-refractivity contribution in [3.05, 3.63) is 69.5 Å². The highest BCUT2D eigenvalue weighted by Gasteiger charge is 2.14. The minimum Gasteiger partial charge on any atom is -0.493 e. The first-order chi connectivity index (χ1) is 14.5. The van der Waals surface area contributed by atoms with Gasteiger partial charge in [-0.2, -0.15) is 0 Å². The molecule has 6 nitrogen and oxygen atoms in total. The second-order valence-electron chi connectivity index (χ2n) is 6.52. The van der Waals surface area contributed by atoms with Crippen LogP contribution < -0.4 is 14.8 Å². The van der Waals surface area contributed by atoms with Gasteiger partial charge in [0.2, 0.25) is 0 Å². The number of benzene rings is 2. The van der Waals surface area contributed by atoms with Gasteiger partial charge >= 0.3 is 0 Å². The molecule has 8 heteroatoms. The maximum Gasteiger partial charge on any atom is 0.252 e. The number of nitrogens with zero attached hydrogens (tertiary/aromatic N) is 1. The molecule has 2 aromatic carbocycles. The topological polar surface area (TPSA) is 73.6 Å². The third-order valence-electron chi connectivity index (χ3n) is 4.41. The maximum atomic E-state index is 12.8. The molecule has 1 aromatic heterocycles. The maximum absolute atomic E-state index is 12.8. The molecule has 0 spiro atoms. The number of nitrogens with one attached hydrogen (secondary N) is 1. The molecule has 1 heterocycles. The van der Waals surface area contributed by atoms with E-state index in [0.29, 0.717) is 35.8 Å². The molecule has 0 bridgehead atoms. The van der Waals surface area contributed by atoms with Crippen molar-refractivity contribution in [2.24, 2.45) is 0 Å². The monoisotopic (exact) mass is 490 g/mol. The highest BCUT2D eigenvalue weighted by Crippen LogP contribution is 2.33. The van der Waals surface area contributed by atoms with Crippen LogP contribution in [0.25, 0.3) is 0 Å². The zero-order valence-electron chi connectivity index (χ0n) is 17.0. The summed E-state index contributed by atoms with van der Waals surface area (Å²) in [7, 11) is 3.20. The number of thioether (sulfide) groups is 1. The summed E-state index contributed by atoms with van der Waals surface area (Å²) in [6, 6.07) is 13.2. The van der Waals surface area contributed by atoms with E-state index in [-0.39, 0.29) is 5.91 Å². The molecule has 0 atom stereocenters. The van der Waals surface area contributed by atoms with Gasteiger partial charge in [0.25, 0.3) is 5.91 Å². The molecular formula is C22H23BrN2O4S. The number of carbonyl (C=O) groups is 1. The first-order valence-electron chi connectivity index (χ1n) is 9.34. The molecule has 1 N–H and O–H groups in total. The molecule has 0 aliphatic carbocycles. The fourth-order valence-electron chi connectivity index (χ4n) is 2.91. The summed E-state index contributed by atoms with van der Waals surface area (Å²) in [6.45, 7) is 2.38. The number of rotatable bonds is 9. The Morgan fingerprint density at radius 1 is 1.17 bits per heavy atom. The second-order valence-corrected chi connectivity index (χ2v) is 8.40. The van der Waals surface area contributed by atoms with Crippen molar-refractivity contribution < 1.29 is 18.8 Å². The van der Waals surface area contributed by atoms with Crippen LogP contribution in [0.3, 0.4) is 0 Å². The van der Waals surface area contributed by atoms with Gasteiger partial charge < -0.3 is 19.3 Å². The summed E-state index contributed by atoms with van der Waals surface area (Å²) < 4.78 is 16.8. The van der Waals surface area contributed by atoms with Crippen molar-refractivity contribution in [1.82, 2.24) is 10.5 Å². The number of ether oxygens (including phenoxy) is 2. The fraction of sp³-hybridized carbons (Fsp3) is 0.273. The van der Waals surface area contributed by atoms with Crippen LogP contribution in [-0.2, 0) is 12.2 Å². The third-order valence-corrected chi connectivity index (χ3v) is 6.24. The zero-order chi connectivity index (χ0) is 21.5. The van der Waals surface area contributed by atoms with Crippen molar-refractivity contribution >= 4 is 33.6 Å². The largest absolute Gasteiger partial charge is 0.493 e. The molecule has 0 aliphatic rings. The lowest BCUT2D eigenvalue weighted by Gasteiger charge is -2.13. The molecular weight excluding hydrogens is 468 g/mol. The number of hydrogen-bond donors (Lipinski definition) is 1. The van der Waals surface area contributed by atoms with E-state index in [4.69, 9.17) is 14.0 Å². The van der Waals surface area contributed by atoms with Crippen LogP contribution in [-0.4, -0.2) is 31.8 Å². The van der Waals surface area contributed by atoms with Crippen molar-refractivity contribution in [2.75, 3.05) is 20.8 Å². The number of hydrogen-bond acceptors (Lipinski definition) is 6. The normalized spacial score (nSPS) is 10.7. The second kappa shape index (κ2) is 10.5. The lowest BCUT2D eigenvalue weighted by molar-refractivity contribution is 0.0951. The smallest absolute Gasteiger partial charge is 0.252 e. The Hall–Kier alpha value is -2.45. The van der Waals surface area contributed by atoms with Crippen LogP contribution in [0.4, 0.5) is 0 Å². The lowest BCUT2D eigenvalue weighted by Crippen LogP contribution is -2.26. The molecule has 30 heavy (non-hydrogen) atoms. The van der Waals surface area contributed by atoms with Crippen molar-refractivity contribution in [1.29, 1.82) is 0 Å². The Morgan fingerprint density at radius 3 is 2.60 bits per heavy atom. The van der Waals surface area contributed by atoms with Crippen LogP contribution >= 0.6 is 27.7 Å². The number of halogens is 1. The molecule has 3 aromatic rings. The van der Waals surface area contributed by atoms with Crippen molar-refractivity contribution in [3.63, 3.8) is 0 Å². The Balaban J connectivity index is 1.61. The molecule has 0 saturated carbocycles. The Labute approximate surface area is 188 Å². The van der Waals surface area contributed by atoms with Crippen molar-refractivity contribution in [2.45, 2.75) is 24.0 Å². The average molecular weight is 491 g/mol. The predicted octanol–water partition coefficient (Wildman–Crippen LogP) is 5.03. The molecule has 3 rings (SSSR count). The van der Waals surface area contributed by atoms with E-state index in [9.17, 15) is 4.79 Å². The summed E-state index contributed by atoms with van der Waals surface area (Å²) in [6.07, 6.45) is 0.652. The van der Waals surface area contributed by atoms with E-state index in [1.165, 1.54) is 0 Å². The Bertz CT molecular complexity index is 1020. The summed E-state index contributed by atoms with van der Waals surface area (Å²) in [5.41, 5.74) is 2.51. The molecule has 1 amide bonds. The van der Waals surface area contributed by atoms with E-state index in [1.54, 1.807) is 26.0 Å². The lowest BCUT2D eigenvalue weighted by atomic mass is 10.1. The number of aromatic nitrogens is 1. The predicted molar refractivity (Wildman–Crippen MR) is 121 cm³/mol. The Kier molecular flexibility index (Phi) is 7.81. The van der Waals surface area contributed by atoms with Gasteiger partial charge in [0.05, 0.1) is 31.2 Å². The summed E-state index contributed by atoms with van der Waals surface area (Å²) >= 11 is 5.10. The molecule has 0 radical (unpaired) electrons. The fourth-order valence-corrected chi connectivity index (χ4v) is 4.35. The van der Waals surface area contributed by atoms with Crippen LogP contribution in [0.5, 0.6) is 11.5 Å². The van der Waals surface area contributed by atoms with Gasteiger partial charge in [-0.15, -0.1) is 11.8 Å². The molecule has 0 fully saturated rings. The van der Waals surface area contributed by atoms with Gasteiger partial charge in [0, 0.05) is 22.0 Å². The van der Waals surface area contributed by atoms with Crippen LogP contribution in [0.2, 0.25) is 0 Å². The quantitative estimate of drug-likeness (QED) is 0.424. The standard InChI is InChI=1S/C22H23BrN2O4S/c1-14-10-16(29-25-14)13-30-21-7-5-4-6-17(21)22(26)24-9-8-15-11-19(27-2)20(28-3)12-18(15)23/h4-7,10-12H,8-9,13H2,1-3H3,(H,24,26). The van der Waals surface area contributed by atoms with E-state index >= 15 is 0 Å². The highest BCUT2D eigenvalue weighted by molar-refractivity contribution is 9.10. The molecule has 0 saturated heterocycles. The molecule has 0 aliphatic heterocycles. The zero-order valence-corrected chi connectivity index (χ0v) is 19.4. The highest BCUT2D eigenvalue weighted by atomic mass is 79.9. The minimum atomic E-state index is -0.108. The van der Waals surface area contributed by atoms with Gasteiger partial charge in [-0.25, -0.2) is 0 Å². The van der Waals surface area contributed by atoms with Crippen LogP contribution in [0, 0.1) is 6.92 Å². The number of carbonyl (C=O) groups excluding carboxylic acids is 1. The van der Waals surface area contributed by atoms with E-state index in [2.05, 4.69) is 26.4 Å². The number of amides is 1. The van der Waals surface area contributed by atoms with Gasteiger partial charge in [-0.3, -0.25) is 4.79 Å². The first kappa shape index (κ1) is 22.2. The van der Waals surface area contributed by atoms with Gasteiger partial charge in [-0.05, 0) is 43.2 Å². The van der Waals surface area contributed by atoms with Crippen LogP contribution in [0.15, 0.2) is 56.4 Å². The SMILES string of the molecule is COc1cc(Br)c(CCNC(=O)c2ccccc2SCc2cc(C)no2)cc1OC. The first-order valence-corrected chi connectivity index (χ1v) is 11.1. The van der Waals surface area contributed by atoms with Crippen molar-refractivity contribution in [3.8, 4) is 11.5 Å². The van der Waals surface area contributed by atoms with E-state index < -0.39 is 0 Å². The van der Waals surface area contributed by atoms with E-state index in [1.807, 2.05) is 49.4 Å². The summed E-state index contributed by atoms with van der Waals surface area (Å²) in [5, 5.41) is 6.90. The van der Waals surface area contributed by atoms with Crippen LogP contribution in [0.1, 0.15) is 27.4 Å².